The van der Waals surface area contributed by atoms with E-state index in [1.807, 2.05) is 0 Å². The van der Waals surface area contributed by atoms with E-state index in [1.165, 1.54) is 0 Å². The molecule has 6 nitrogen and oxygen atoms in total. The first-order chi connectivity index (χ1) is 9.95. The minimum absolute atomic E-state index is 0.0303. The van der Waals surface area contributed by atoms with Crippen LogP contribution in [0.25, 0.3) is 0 Å². The van der Waals surface area contributed by atoms with Crippen LogP contribution in [0.3, 0.4) is 0 Å². The molecule has 0 unspecified atom stereocenters. The van der Waals surface area contributed by atoms with E-state index in [4.69, 9.17) is 4.74 Å². The van der Waals surface area contributed by atoms with E-state index >= 15 is 0 Å². The van der Waals surface area contributed by atoms with E-state index in [9.17, 15) is 9.59 Å². The van der Waals surface area contributed by atoms with Gasteiger partial charge in [0.25, 0.3) is 0 Å². The number of hydrogen-bond donors (Lipinski definition) is 1. The predicted molar refractivity (Wildman–Crippen MR) is 79.8 cm³/mol. The van der Waals surface area contributed by atoms with E-state index in [2.05, 4.69) is 24.1 Å². The highest BCUT2D eigenvalue weighted by molar-refractivity contribution is 5.89. The SMILES string of the molecule is CC(C)CN1CCO[C@H](CNC(=O)[C@@H]2CC(=O)N(C)C2)C1. The van der Waals surface area contributed by atoms with Crippen molar-refractivity contribution in [2.45, 2.75) is 26.4 Å². The number of amides is 2. The van der Waals surface area contributed by atoms with Crippen LogP contribution in [0, 0.1) is 11.8 Å². The summed E-state index contributed by atoms with van der Waals surface area (Å²) in [5, 5.41) is 2.94. The lowest BCUT2D eigenvalue weighted by Crippen LogP contribution is -2.49. The highest BCUT2D eigenvalue weighted by Crippen LogP contribution is 2.16. The molecule has 2 atom stereocenters. The van der Waals surface area contributed by atoms with Crippen LogP contribution in [0.1, 0.15) is 20.3 Å². The van der Waals surface area contributed by atoms with Gasteiger partial charge in [-0.2, -0.15) is 0 Å². The summed E-state index contributed by atoms with van der Waals surface area (Å²) in [6.07, 6.45) is 0.379. The molecular formula is C15H27N3O3. The molecule has 2 aliphatic rings. The van der Waals surface area contributed by atoms with Gasteiger partial charge < -0.3 is 15.0 Å². The van der Waals surface area contributed by atoms with Gasteiger partial charge in [0.05, 0.1) is 18.6 Å². The maximum absolute atomic E-state index is 12.1. The van der Waals surface area contributed by atoms with Crippen LogP contribution < -0.4 is 5.32 Å². The van der Waals surface area contributed by atoms with Crippen molar-refractivity contribution in [2.75, 3.05) is 46.4 Å². The average Bonchev–Trinajstić information content (AvgIpc) is 2.76. The second kappa shape index (κ2) is 7.22. The zero-order valence-corrected chi connectivity index (χ0v) is 13.3. The quantitative estimate of drug-likeness (QED) is 0.772. The van der Waals surface area contributed by atoms with E-state index in [1.54, 1.807) is 11.9 Å². The topological polar surface area (TPSA) is 61.9 Å². The Morgan fingerprint density at radius 3 is 2.81 bits per heavy atom. The van der Waals surface area contributed by atoms with Gasteiger partial charge in [0, 0.05) is 46.2 Å². The van der Waals surface area contributed by atoms with Gasteiger partial charge in [-0.15, -0.1) is 0 Å². The van der Waals surface area contributed by atoms with E-state index in [0.29, 0.717) is 25.4 Å². The van der Waals surface area contributed by atoms with E-state index in [0.717, 1.165) is 26.2 Å². The summed E-state index contributed by atoms with van der Waals surface area (Å²) in [4.78, 5) is 27.5. The summed E-state index contributed by atoms with van der Waals surface area (Å²) in [6.45, 7) is 9.08. The molecule has 6 heteroatoms. The van der Waals surface area contributed by atoms with Gasteiger partial charge in [-0.25, -0.2) is 0 Å². The van der Waals surface area contributed by atoms with Crippen LogP contribution in [-0.4, -0.2) is 74.1 Å². The Labute approximate surface area is 126 Å². The van der Waals surface area contributed by atoms with Crippen LogP contribution in [0.15, 0.2) is 0 Å². The first-order valence-electron chi connectivity index (χ1n) is 7.81. The van der Waals surface area contributed by atoms with Crippen molar-refractivity contribution in [3.05, 3.63) is 0 Å². The van der Waals surface area contributed by atoms with Crippen LogP contribution in [0.4, 0.5) is 0 Å². The van der Waals surface area contributed by atoms with Gasteiger partial charge in [-0.3, -0.25) is 14.5 Å². The second-order valence-corrected chi connectivity index (χ2v) is 6.57. The summed E-state index contributed by atoms with van der Waals surface area (Å²) in [6, 6.07) is 0. The molecule has 2 heterocycles. The van der Waals surface area contributed by atoms with Gasteiger partial charge >= 0.3 is 0 Å². The van der Waals surface area contributed by atoms with Crippen LogP contribution in [-0.2, 0) is 14.3 Å². The smallest absolute Gasteiger partial charge is 0.225 e. The second-order valence-electron chi connectivity index (χ2n) is 6.57. The summed E-state index contributed by atoms with van der Waals surface area (Å²) < 4.78 is 5.71. The molecule has 0 aromatic rings. The molecule has 120 valence electrons. The number of carbonyl (C=O) groups excluding carboxylic acids is 2. The summed E-state index contributed by atoms with van der Waals surface area (Å²) in [5.74, 6) is 0.445. The normalized spacial score (nSPS) is 27.4. The standard InChI is InChI=1S/C15H27N3O3/c1-11(2)8-18-4-5-21-13(10-18)7-16-15(20)12-6-14(19)17(3)9-12/h11-13H,4-10H2,1-3H3,(H,16,20)/t12-,13-/m1/s1. The van der Waals surface area contributed by atoms with Crippen LogP contribution in [0.5, 0.6) is 0 Å². The molecule has 2 fully saturated rings. The van der Waals surface area contributed by atoms with Crippen molar-refractivity contribution in [1.29, 1.82) is 0 Å². The maximum Gasteiger partial charge on any atom is 0.225 e. The van der Waals surface area contributed by atoms with Crippen LogP contribution >= 0.6 is 0 Å². The third-order valence-electron chi connectivity index (χ3n) is 4.06. The molecule has 0 aromatic heterocycles. The Kier molecular flexibility index (Phi) is 5.58. The van der Waals surface area contributed by atoms with Crippen molar-refractivity contribution >= 4 is 11.8 Å². The fourth-order valence-electron chi connectivity index (χ4n) is 2.98. The molecule has 0 aromatic carbocycles. The Morgan fingerprint density at radius 2 is 2.19 bits per heavy atom. The molecule has 1 N–H and O–H groups in total. The number of nitrogens with zero attached hydrogens (tertiary/aromatic N) is 2. The van der Waals surface area contributed by atoms with Crippen molar-refractivity contribution in [1.82, 2.24) is 15.1 Å². The Bertz CT molecular complexity index is 386. The number of nitrogens with one attached hydrogen (secondary N) is 1. The number of morpholine rings is 1. The van der Waals surface area contributed by atoms with Crippen LogP contribution in [0.2, 0.25) is 0 Å². The predicted octanol–water partition coefficient (Wildman–Crippen LogP) is -0.0623. The number of rotatable bonds is 5. The fraction of sp³-hybridized carbons (Fsp3) is 0.867. The summed E-state index contributed by atoms with van der Waals surface area (Å²) >= 11 is 0. The lowest BCUT2D eigenvalue weighted by atomic mass is 10.1. The molecule has 0 saturated carbocycles. The Balaban J connectivity index is 1.72. The monoisotopic (exact) mass is 297 g/mol. The lowest BCUT2D eigenvalue weighted by molar-refractivity contribution is -0.128. The van der Waals surface area contributed by atoms with E-state index in [-0.39, 0.29) is 23.8 Å². The molecule has 2 saturated heterocycles. The minimum Gasteiger partial charge on any atom is -0.374 e. The third-order valence-corrected chi connectivity index (χ3v) is 4.06. The van der Waals surface area contributed by atoms with E-state index < -0.39 is 0 Å². The zero-order chi connectivity index (χ0) is 15.4. The highest BCUT2D eigenvalue weighted by atomic mass is 16.5. The molecule has 0 spiro atoms. The summed E-state index contributed by atoms with van der Waals surface area (Å²) in [7, 11) is 1.74. The van der Waals surface area contributed by atoms with Gasteiger partial charge in [0.1, 0.15) is 0 Å². The zero-order valence-electron chi connectivity index (χ0n) is 13.3. The van der Waals surface area contributed by atoms with Crippen molar-refractivity contribution in [3.63, 3.8) is 0 Å². The first kappa shape index (κ1) is 16.2. The van der Waals surface area contributed by atoms with Gasteiger partial charge in [0.15, 0.2) is 0 Å². The van der Waals surface area contributed by atoms with Gasteiger partial charge in [-0.05, 0) is 5.92 Å². The molecule has 2 amide bonds. The average molecular weight is 297 g/mol. The highest BCUT2D eigenvalue weighted by Gasteiger charge is 2.32. The lowest BCUT2D eigenvalue weighted by Gasteiger charge is -2.34. The number of hydrogen-bond acceptors (Lipinski definition) is 4. The molecule has 2 rings (SSSR count). The molecule has 0 aliphatic carbocycles. The molecular weight excluding hydrogens is 270 g/mol. The number of ether oxygens (including phenoxy) is 1. The Morgan fingerprint density at radius 1 is 1.43 bits per heavy atom. The third kappa shape index (κ3) is 4.68. The molecule has 0 radical (unpaired) electrons. The number of likely N-dealkylation sites (tertiary alicyclic amines) is 1. The first-order valence-corrected chi connectivity index (χ1v) is 7.81. The maximum atomic E-state index is 12.1. The largest absolute Gasteiger partial charge is 0.374 e. The number of carbonyl (C=O) groups is 2. The van der Waals surface area contributed by atoms with Gasteiger partial charge in [-0.1, -0.05) is 13.8 Å². The Hall–Kier alpha value is -1.14. The van der Waals surface area contributed by atoms with Crippen molar-refractivity contribution in [3.8, 4) is 0 Å². The molecule has 2 aliphatic heterocycles. The van der Waals surface area contributed by atoms with Crippen molar-refractivity contribution in [2.24, 2.45) is 11.8 Å². The molecule has 21 heavy (non-hydrogen) atoms. The molecule has 0 bridgehead atoms. The fourth-order valence-corrected chi connectivity index (χ4v) is 2.98. The summed E-state index contributed by atoms with van der Waals surface area (Å²) in [5.41, 5.74) is 0. The minimum atomic E-state index is -0.210. The van der Waals surface area contributed by atoms with Gasteiger partial charge in [0.2, 0.25) is 11.8 Å². The van der Waals surface area contributed by atoms with Crippen molar-refractivity contribution < 1.29 is 14.3 Å².